The summed E-state index contributed by atoms with van der Waals surface area (Å²) in [6.45, 7) is 4.46. The van der Waals surface area contributed by atoms with Gasteiger partial charge >= 0.3 is 0 Å². The molecule has 7 heteroatoms. The summed E-state index contributed by atoms with van der Waals surface area (Å²) >= 11 is 1.55. The zero-order valence-electron chi connectivity index (χ0n) is 12.9. The Kier molecular flexibility index (Phi) is 5.32. The van der Waals surface area contributed by atoms with E-state index in [2.05, 4.69) is 19.8 Å². The van der Waals surface area contributed by atoms with Gasteiger partial charge < -0.3 is 15.7 Å². The number of hydrogen-bond acceptors (Lipinski definition) is 7. The topological polar surface area (TPSA) is 78.5 Å². The monoisotopic (exact) mass is 331 g/mol. The molecular weight excluding hydrogens is 310 g/mol. The zero-order valence-corrected chi connectivity index (χ0v) is 13.7. The third kappa shape index (κ3) is 3.93. The van der Waals surface area contributed by atoms with Crippen LogP contribution in [0, 0.1) is 0 Å². The van der Waals surface area contributed by atoms with E-state index in [1.165, 1.54) is 0 Å². The summed E-state index contributed by atoms with van der Waals surface area (Å²) in [6, 6.07) is 10.1. The van der Waals surface area contributed by atoms with Crippen LogP contribution >= 0.6 is 11.8 Å². The van der Waals surface area contributed by atoms with Gasteiger partial charge in [0.15, 0.2) is 5.82 Å². The van der Waals surface area contributed by atoms with E-state index in [0.29, 0.717) is 5.69 Å². The van der Waals surface area contributed by atoms with Crippen molar-refractivity contribution in [2.45, 2.75) is 9.92 Å². The molecule has 0 amide bonds. The second-order valence-electron chi connectivity index (χ2n) is 5.38. The smallest absolute Gasteiger partial charge is 0.156 e. The first kappa shape index (κ1) is 16.0. The van der Waals surface area contributed by atoms with Crippen LogP contribution < -0.4 is 10.6 Å². The first-order valence-electron chi connectivity index (χ1n) is 7.69. The molecule has 0 unspecified atom stereocenters. The minimum Gasteiger partial charge on any atom is -0.395 e. The molecule has 1 saturated heterocycles. The Hall–Kier alpha value is -1.83. The highest BCUT2D eigenvalue weighted by atomic mass is 32.2. The lowest BCUT2D eigenvalue weighted by Crippen LogP contribution is -2.47. The fourth-order valence-corrected chi connectivity index (χ4v) is 3.45. The Morgan fingerprint density at radius 1 is 1.09 bits per heavy atom. The number of piperazine rings is 1. The van der Waals surface area contributed by atoms with Crippen molar-refractivity contribution in [3.8, 4) is 0 Å². The molecule has 0 radical (unpaired) electrons. The van der Waals surface area contributed by atoms with E-state index in [9.17, 15) is 0 Å². The van der Waals surface area contributed by atoms with Crippen molar-refractivity contribution in [1.29, 1.82) is 0 Å². The highest BCUT2D eigenvalue weighted by Crippen LogP contribution is 2.34. The third-order valence-corrected chi connectivity index (χ3v) is 4.90. The molecule has 2 aromatic rings. The van der Waals surface area contributed by atoms with E-state index < -0.39 is 0 Å². The molecule has 0 spiro atoms. The fourth-order valence-electron chi connectivity index (χ4n) is 2.63. The lowest BCUT2D eigenvalue weighted by Gasteiger charge is -2.35. The molecule has 3 rings (SSSR count). The summed E-state index contributed by atoms with van der Waals surface area (Å²) in [7, 11) is 0. The number of aromatic nitrogens is 2. The van der Waals surface area contributed by atoms with Crippen molar-refractivity contribution >= 4 is 23.3 Å². The number of nitrogens with zero attached hydrogens (tertiary/aromatic N) is 4. The fraction of sp³-hybridized carbons (Fsp3) is 0.375. The number of aliphatic hydroxyl groups is 1. The highest BCUT2D eigenvalue weighted by Gasteiger charge is 2.21. The number of benzene rings is 1. The van der Waals surface area contributed by atoms with Crippen LogP contribution in [-0.4, -0.2) is 59.3 Å². The van der Waals surface area contributed by atoms with E-state index >= 15 is 0 Å². The highest BCUT2D eigenvalue weighted by molar-refractivity contribution is 7.99. The maximum Gasteiger partial charge on any atom is 0.156 e. The van der Waals surface area contributed by atoms with Gasteiger partial charge in [-0.3, -0.25) is 4.90 Å². The van der Waals surface area contributed by atoms with Crippen LogP contribution in [0.25, 0.3) is 0 Å². The van der Waals surface area contributed by atoms with Crippen LogP contribution in [-0.2, 0) is 0 Å². The van der Waals surface area contributed by atoms with Crippen molar-refractivity contribution in [2.24, 2.45) is 0 Å². The van der Waals surface area contributed by atoms with E-state index in [1.807, 2.05) is 30.3 Å². The standard InChI is InChI=1S/C16H21N5OS/c17-14-15(21-8-6-20(7-9-21)10-11-22)18-12-19-16(14)23-13-4-2-1-3-5-13/h1-5,12,22H,6-11,17H2. The minimum absolute atomic E-state index is 0.202. The van der Waals surface area contributed by atoms with Gasteiger partial charge in [0.2, 0.25) is 0 Å². The molecule has 1 aliphatic heterocycles. The summed E-state index contributed by atoms with van der Waals surface area (Å²) in [5, 5.41) is 9.81. The largest absolute Gasteiger partial charge is 0.395 e. The van der Waals surface area contributed by atoms with E-state index in [-0.39, 0.29) is 6.61 Å². The molecule has 6 nitrogen and oxygen atoms in total. The lowest BCUT2D eigenvalue weighted by atomic mass is 10.3. The number of aliphatic hydroxyl groups excluding tert-OH is 1. The SMILES string of the molecule is Nc1c(Sc2ccccc2)ncnc1N1CCN(CCO)CC1. The molecule has 1 fully saturated rings. The number of hydrogen-bond donors (Lipinski definition) is 2. The van der Waals surface area contributed by atoms with Gasteiger partial charge in [-0.1, -0.05) is 30.0 Å². The molecule has 23 heavy (non-hydrogen) atoms. The van der Waals surface area contributed by atoms with E-state index in [0.717, 1.165) is 48.5 Å². The summed E-state index contributed by atoms with van der Waals surface area (Å²) in [4.78, 5) is 14.3. The first-order valence-corrected chi connectivity index (χ1v) is 8.51. The van der Waals surface area contributed by atoms with Gasteiger partial charge in [0.05, 0.1) is 6.61 Å². The van der Waals surface area contributed by atoms with Gasteiger partial charge in [0.1, 0.15) is 17.0 Å². The van der Waals surface area contributed by atoms with Crippen LogP contribution in [0.15, 0.2) is 46.6 Å². The minimum atomic E-state index is 0.202. The Morgan fingerprint density at radius 2 is 1.83 bits per heavy atom. The summed E-state index contributed by atoms with van der Waals surface area (Å²) in [6.07, 6.45) is 1.58. The van der Waals surface area contributed by atoms with Crippen molar-refractivity contribution < 1.29 is 5.11 Å². The van der Waals surface area contributed by atoms with Gasteiger partial charge in [-0.05, 0) is 12.1 Å². The lowest BCUT2D eigenvalue weighted by molar-refractivity contribution is 0.188. The van der Waals surface area contributed by atoms with Crippen LogP contribution in [0.3, 0.4) is 0 Å². The average molecular weight is 331 g/mol. The van der Waals surface area contributed by atoms with Gasteiger partial charge in [-0.2, -0.15) is 0 Å². The molecule has 1 aromatic heterocycles. The van der Waals surface area contributed by atoms with Gasteiger partial charge in [-0.25, -0.2) is 9.97 Å². The maximum atomic E-state index is 9.02. The van der Waals surface area contributed by atoms with Gasteiger partial charge in [0, 0.05) is 37.6 Å². The normalized spacial score (nSPS) is 15.8. The van der Waals surface area contributed by atoms with Gasteiger partial charge in [-0.15, -0.1) is 0 Å². The van der Waals surface area contributed by atoms with E-state index in [1.54, 1.807) is 18.1 Å². The number of nitrogen functional groups attached to an aromatic ring is 1. The van der Waals surface area contributed by atoms with Crippen LogP contribution in [0.4, 0.5) is 11.5 Å². The zero-order chi connectivity index (χ0) is 16.1. The van der Waals surface area contributed by atoms with Crippen molar-refractivity contribution in [1.82, 2.24) is 14.9 Å². The molecular formula is C16H21N5OS. The Morgan fingerprint density at radius 3 is 2.52 bits per heavy atom. The van der Waals surface area contributed by atoms with E-state index in [4.69, 9.17) is 10.8 Å². The first-order chi connectivity index (χ1) is 11.3. The molecule has 0 atom stereocenters. The maximum absolute atomic E-state index is 9.02. The predicted octanol–water partition coefficient (Wildman–Crippen LogP) is 1.32. The van der Waals surface area contributed by atoms with Crippen molar-refractivity contribution in [2.75, 3.05) is 50.0 Å². The number of rotatable bonds is 5. The quantitative estimate of drug-likeness (QED) is 0.800. The number of nitrogens with two attached hydrogens (primary N) is 1. The Labute approximate surface area is 140 Å². The Balaban J connectivity index is 1.73. The second-order valence-corrected chi connectivity index (χ2v) is 6.45. The molecule has 0 aliphatic carbocycles. The third-order valence-electron chi connectivity index (χ3n) is 3.87. The van der Waals surface area contributed by atoms with Crippen LogP contribution in [0.1, 0.15) is 0 Å². The Bertz CT molecular complexity index is 632. The van der Waals surface area contributed by atoms with Crippen molar-refractivity contribution in [3.63, 3.8) is 0 Å². The van der Waals surface area contributed by atoms with Gasteiger partial charge in [0.25, 0.3) is 0 Å². The van der Waals surface area contributed by atoms with Crippen LogP contribution in [0.5, 0.6) is 0 Å². The molecule has 3 N–H and O–H groups in total. The molecule has 1 aromatic carbocycles. The summed E-state index contributed by atoms with van der Waals surface area (Å²) in [5.74, 6) is 0.807. The predicted molar refractivity (Wildman–Crippen MR) is 92.7 cm³/mol. The summed E-state index contributed by atoms with van der Waals surface area (Å²) in [5.41, 5.74) is 6.95. The molecule has 122 valence electrons. The molecule has 1 aliphatic rings. The molecule has 0 saturated carbocycles. The number of anilines is 2. The number of β-amino-alcohol motifs (C(OH)–C–C–N with tert-alkyl or cyclic N) is 1. The second kappa shape index (κ2) is 7.63. The molecule has 0 bridgehead atoms. The van der Waals surface area contributed by atoms with Crippen LogP contribution in [0.2, 0.25) is 0 Å². The average Bonchev–Trinajstić information content (AvgIpc) is 2.59. The van der Waals surface area contributed by atoms with Crippen molar-refractivity contribution in [3.05, 3.63) is 36.7 Å². The molecule has 2 heterocycles. The summed E-state index contributed by atoms with van der Waals surface area (Å²) < 4.78 is 0.